The number of anilines is 2. The van der Waals surface area contributed by atoms with Gasteiger partial charge in [-0.1, -0.05) is 6.92 Å². The molecular formula is C27H32F2N4O2. The predicted octanol–water partition coefficient (Wildman–Crippen LogP) is 4.97. The van der Waals surface area contributed by atoms with E-state index < -0.39 is 6.43 Å². The lowest BCUT2D eigenvalue weighted by molar-refractivity contribution is -0.131. The Hall–Kier alpha value is -3.13. The van der Waals surface area contributed by atoms with Crippen LogP contribution in [0, 0.1) is 0 Å². The van der Waals surface area contributed by atoms with E-state index in [-0.39, 0.29) is 11.5 Å². The maximum Gasteiger partial charge on any atom is 0.264 e. The van der Waals surface area contributed by atoms with Gasteiger partial charge in [0.2, 0.25) is 5.91 Å². The van der Waals surface area contributed by atoms with Crippen LogP contribution in [0.3, 0.4) is 0 Å². The molecule has 0 saturated carbocycles. The van der Waals surface area contributed by atoms with Crippen molar-refractivity contribution in [3.63, 3.8) is 0 Å². The number of alkyl halides is 2. The number of rotatable bonds is 4. The minimum atomic E-state index is -2.56. The number of carbonyl (C=O) groups is 1. The van der Waals surface area contributed by atoms with Gasteiger partial charge in [-0.15, -0.1) is 0 Å². The molecule has 35 heavy (non-hydrogen) atoms. The number of ether oxygens (including phenoxy) is 1. The van der Waals surface area contributed by atoms with Crippen LogP contribution in [0.15, 0.2) is 36.5 Å². The number of halogens is 2. The first-order valence-corrected chi connectivity index (χ1v) is 12.3. The molecule has 0 fully saturated rings. The van der Waals surface area contributed by atoms with E-state index in [1.807, 2.05) is 66.4 Å². The van der Waals surface area contributed by atoms with E-state index in [1.54, 1.807) is 6.07 Å². The van der Waals surface area contributed by atoms with Crippen LogP contribution in [0.5, 0.6) is 5.75 Å². The summed E-state index contributed by atoms with van der Waals surface area (Å²) in [5.74, 6) is 0.879. The van der Waals surface area contributed by atoms with Gasteiger partial charge in [0, 0.05) is 68.9 Å². The van der Waals surface area contributed by atoms with E-state index in [2.05, 4.69) is 4.90 Å². The van der Waals surface area contributed by atoms with E-state index >= 15 is 0 Å². The lowest BCUT2D eigenvalue weighted by Gasteiger charge is -2.33. The fraction of sp³-hybridized carbons (Fsp3) is 0.444. The summed E-state index contributed by atoms with van der Waals surface area (Å²) >= 11 is 0. The molecule has 0 atom stereocenters. The minimum Gasteiger partial charge on any atom is -0.491 e. The molecule has 3 heterocycles. The number of hydrogen-bond donors (Lipinski definition) is 0. The van der Waals surface area contributed by atoms with Gasteiger partial charge in [0.25, 0.3) is 6.43 Å². The first-order chi connectivity index (χ1) is 16.9. The molecule has 2 aromatic carbocycles. The highest BCUT2D eigenvalue weighted by Gasteiger charge is 2.28. The fourth-order valence-corrected chi connectivity index (χ4v) is 5.24. The van der Waals surface area contributed by atoms with E-state index in [0.29, 0.717) is 38.2 Å². The molecule has 8 heteroatoms. The van der Waals surface area contributed by atoms with Crippen molar-refractivity contribution in [2.75, 3.05) is 45.2 Å². The summed E-state index contributed by atoms with van der Waals surface area (Å²) in [6.07, 6.45) is 1.62. The first-order valence-electron chi connectivity index (χ1n) is 12.3. The third-order valence-corrected chi connectivity index (χ3v) is 7.22. The third-order valence-electron chi connectivity index (χ3n) is 7.22. The van der Waals surface area contributed by atoms with E-state index in [0.717, 1.165) is 53.2 Å². The topological polar surface area (TPSA) is 39.3 Å². The van der Waals surface area contributed by atoms with Crippen molar-refractivity contribution in [1.29, 1.82) is 0 Å². The Labute approximate surface area is 205 Å². The summed E-state index contributed by atoms with van der Waals surface area (Å²) in [7, 11) is 3.87. The van der Waals surface area contributed by atoms with Crippen molar-refractivity contribution in [2.24, 2.45) is 0 Å². The minimum absolute atomic E-state index is 0.0726. The second-order valence-corrected chi connectivity index (χ2v) is 9.48. The second-order valence-electron chi connectivity index (χ2n) is 9.48. The summed E-state index contributed by atoms with van der Waals surface area (Å²) < 4.78 is 34.4. The van der Waals surface area contributed by atoms with Gasteiger partial charge in [-0.3, -0.25) is 4.79 Å². The summed E-state index contributed by atoms with van der Waals surface area (Å²) in [5, 5.41) is 3.93. The van der Waals surface area contributed by atoms with Gasteiger partial charge < -0.3 is 19.5 Å². The Bertz CT molecular complexity index is 1170. The monoisotopic (exact) mass is 482 g/mol. The number of benzene rings is 2. The van der Waals surface area contributed by atoms with Crippen LogP contribution in [0.1, 0.15) is 48.4 Å². The molecule has 0 radical (unpaired) electrons. The van der Waals surface area contributed by atoms with Crippen LogP contribution in [-0.2, 0) is 17.8 Å². The Morgan fingerprint density at radius 1 is 1.09 bits per heavy atom. The highest BCUT2D eigenvalue weighted by Crippen LogP contribution is 2.41. The molecule has 2 aromatic rings. The molecule has 0 unspecified atom stereocenters. The van der Waals surface area contributed by atoms with E-state index in [9.17, 15) is 13.6 Å². The van der Waals surface area contributed by atoms with Gasteiger partial charge in [0.15, 0.2) is 0 Å². The fourth-order valence-electron chi connectivity index (χ4n) is 5.24. The van der Waals surface area contributed by atoms with Gasteiger partial charge >= 0.3 is 0 Å². The maximum atomic E-state index is 14.3. The van der Waals surface area contributed by atoms with Crippen molar-refractivity contribution in [3.05, 3.63) is 58.8 Å². The van der Waals surface area contributed by atoms with Crippen molar-refractivity contribution < 1.29 is 18.3 Å². The van der Waals surface area contributed by atoms with Crippen molar-refractivity contribution in [2.45, 2.75) is 39.2 Å². The van der Waals surface area contributed by atoms with E-state index in [4.69, 9.17) is 4.74 Å². The zero-order valence-corrected chi connectivity index (χ0v) is 20.6. The average Bonchev–Trinajstić information content (AvgIpc) is 3.06. The average molecular weight is 483 g/mol. The zero-order chi connectivity index (χ0) is 24.7. The van der Waals surface area contributed by atoms with Gasteiger partial charge in [0.05, 0.1) is 6.54 Å². The molecule has 0 saturated heterocycles. The van der Waals surface area contributed by atoms with Gasteiger partial charge in [-0.05, 0) is 59.9 Å². The standard InChI is InChI=1S/C27H32F2N4O2/c1-4-26(34)32-10-11-35-25-8-7-21(12-19(25)17-32)33-9-5-6-18-13-22(20-15-30(2)31(3)16-20)23(27(28)29)14-24(18)33/h7-8,12-15,27H,4-6,9-11,16-17H2,1-3H3. The predicted molar refractivity (Wildman–Crippen MR) is 133 cm³/mol. The second kappa shape index (κ2) is 9.49. The molecule has 0 spiro atoms. The molecule has 6 nitrogen and oxygen atoms in total. The summed E-state index contributed by atoms with van der Waals surface area (Å²) in [6, 6.07) is 9.63. The number of fused-ring (bicyclic) bond motifs is 2. The molecule has 3 aliphatic heterocycles. The van der Waals surface area contributed by atoms with Crippen LogP contribution < -0.4 is 9.64 Å². The van der Waals surface area contributed by atoms with Crippen molar-refractivity contribution >= 4 is 22.9 Å². The first kappa shape index (κ1) is 23.6. The largest absolute Gasteiger partial charge is 0.491 e. The van der Waals surface area contributed by atoms with Crippen LogP contribution >= 0.6 is 0 Å². The number of hydrogen-bond acceptors (Lipinski definition) is 5. The molecule has 186 valence electrons. The molecule has 3 aliphatic rings. The molecule has 0 aliphatic carbocycles. The number of carbonyl (C=O) groups excluding carboxylic acids is 1. The number of amides is 1. The number of likely N-dealkylation sites (N-methyl/N-ethyl adjacent to an activating group) is 1. The molecule has 0 aromatic heterocycles. The van der Waals surface area contributed by atoms with Crippen molar-refractivity contribution in [3.8, 4) is 5.75 Å². The molecule has 5 rings (SSSR count). The Morgan fingerprint density at radius 3 is 2.63 bits per heavy atom. The Kier molecular flexibility index (Phi) is 6.40. The zero-order valence-electron chi connectivity index (χ0n) is 20.6. The lowest BCUT2D eigenvalue weighted by atomic mass is 9.92. The van der Waals surface area contributed by atoms with E-state index in [1.165, 1.54) is 0 Å². The third kappa shape index (κ3) is 4.47. The quantitative estimate of drug-likeness (QED) is 0.615. The normalized spacial score (nSPS) is 18.2. The molecule has 1 amide bonds. The Balaban J connectivity index is 1.52. The highest BCUT2D eigenvalue weighted by molar-refractivity contribution is 5.78. The maximum absolute atomic E-state index is 14.3. The van der Waals surface area contributed by atoms with Crippen LogP contribution in [0.4, 0.5) is 20.2 Å². The highest BCUT2D eigenvalue weighted by atomic mass is 19.3. The molecular weight excluding hydrogens is 450 g/mol. The smallest absolute Gasteiger partial charge is 0.264 e. The van der Waals surface area contributed by atoms with Gasteiger partial charge in [-0.2, -0.15) is 0 Å². The van der Waals surface area contributed by atoms with Gasteiger partial charge in [-0.25, -0.2) is 13.8 Å². The number of aryl methyl sites for hydroxylation is 1. The molecule has 0 bridgehead atoms. The van der Waals surface area contributed by atoms with Crippen LogP contribution in [-0.4, -0.2) is 61.2 Å². The number of nitrogens with zero attached hydrogens (tertiary/aromatic N) is 4. The summed E-state index contributed by atoms with van der Waals surface area (Å²) in [6.45, 7) is 4.74. The summed E-state index contributed by atoms with van der Waals surface area (Å²) in [5.41, 5.74) is 5.43. The lowest BCUT2D eigenvalue weighted by Crippen LogP contribution is -2.31. The summed E-state index contributed by atoms with van der Waals surface area (Å²) in [4.78, 5) is 16.3. The Morgan fingerprint density at radius 2 is 1.91 bits per heavy atom. The SMILES string of the molecule is CCC(=O)N1CCOc2ccc(N3CCCc4cc(C5=CN(C)N(C)C5)c(C(F)F)cc43)cc2C1. The van der Waals surface area contributed by atoms with Crippen LogP contribution in [0.25, 0.3) is 5.57 Å². The van der Waals surface area contributed by atoms with Crippen LogP contribution in [0.2, 0.25) is 0 Å². The molecule has 0 N–H and O–H groups in total. The number of hydrazine groups is 1. The van der Waals surface area contributed by atoms with Crippen molar-refractivity contribution in [1.82, 2.24) is 14.9 Å². The van der Waals surface area contributed by atoms with Gasteiger partial charge in [0.1, 0.15) is 12.4 Å².